The van der Waals surface area contributed by atoms with E-state index in [9.17, 15) is 5.11 Å². The van der Waals surface area contributed by atoms with Crippen molar-refractivity contribution < 1.29 is 5.11 Å². The second kappa shape index (κ2) is 6.50. The lowest BCUT2D eigenvalue weighted by molar-refractivity contribution is -0.0200. The fourth-order valence-electron chi connectivity index (χ4n) is 2.88. The van der Waals surface area contributed by atoms with Gasteiger partial charge in [0.15, 0.2) is 0 Å². The Labute approximate surface area is 117 Å². The highest BCUT2D eigenvalue weighted by molar-refractivity contribution is 4.98. The molecular formula is C14H30N4O. The predicted octanol–water partition coefficient (Wildman–Crippen LogP) is -0.735. The van der Waals surface area contributed by atoms with Gasteiger partial charge in [-0.05, 0) is 32.9 Å². The van der Waals surface area contributed by atoms with Crippen LogP contribution in [0.25, 0.3) is 0 Å². The van der Waals surface area contributed by atoms with E-state index in [0.717, 1.165) is 58.7 Å². The van der Waals surface area contributed by atoms with Gasteiger partial charge in [-0.1, -0.05) is 0 Å². The van der Waals surface area contributed by atoms with Crippen LogP contribution in [0.4, 0.5) is 0 Å². The Morgan fingerprint density at radius 2 is 1.74 bits per heavy atom. The number of aliphatic hydroxyl groups is 1. The zero-order valence-corrected chi connectivity index (χ0v) is 12.5. The van der Waals surface area contributed by atoms with E-state index < -0.39 is 5.60 Å². The SMILES string of the molecule is CN(C)CCN1CCN(CC(O)(CN)C2CC2)CC1. The fraction of sp³-hybridized carbons (Fsp3) is 1.00. The smallest absolute Gasteiger partial charge is 0.0923 e. The van der Waals surface area contributed by atoms with Crippen LogP contribution >= 0.6 is 0 Å². The van der Waals surface area contributed by atoms with Gasteiger partial charge >= 0.3 is 0 Å². The average Bonchev–Trinajstić information content (AvgIpc) is 3.22. The van der Waals surface area contributed by atoms with Gasteiger partial charge in [-0.3, -0.25) is 9.80 Å². The van der Waals surface area contributed by atoms with Crippen molar-refractivity contribution in [1.82, 2.24) is 14.7 Å². The van der Waals surface area contributed by atoms with Gasteiger partial charge in [0.25, 0.3) is 0 Å². The zero-order valence-electron chi connectivity index (χ0n) is 12.5. The van der Waals surface area contributed by atoms with Gasteiger partial charge in [-0.2, -0.15) is 0 Å². The van der Waals surface area contributed by atoms with Crippen LogP contribution in [0.3, 0.4) is 0 Å². The number of piperazine rings is 1. The summed E-state index contributed by atoms with van der Waals surface area (Å²) in [7, 11) is 4.24. The van der Waals surface area contributed by atoms with Gasteiger partial charge in [0.1, 0.15) is 0 Å². The zero-order chi connectivity index (χ0) is 13.9. The van der Waals surface area contributed by atoms with Gasteiger partial charge in [0, 0.05) is 52.4 Å². The van der Waals surface area contributed by atoms with Crippen molar-refractivity contribution in [3.05, 3.63) is 0 Å². The first kappa shape index (κ1) is 15.2. The third-order valence-corrected chi connectivity index (χ3v) is 4.52. The van der Waals surface area contributed by atoms with Crippen LogP contribution in [0.1, 0.15) is 12.8 Å². The second-order valence-corrected chi connectivity index (χ2v) is 6.50. The lowest BCUT2D eigenvalue weighted by Crippen LogP contribution is -2.55. The lowest BCUT2D eigenvalue weighted by Gasteiger charge is -2.39. The molecule has 1 saturated heterocycles. The maximum Gasteiger partial charge on any atom is 0.0923 e. The minimum Gasteiger partial charge on any atom is -0.387 e. The Kier molecular flexibility index (Phi) is 5.20. The molecule has 2 aliphatic rings. The monoisotopic (exact) mass is 270 g/mol. The van der Waals surface area contributed by atoms with Crippen molar-refractivity contribution in [3.8, 4) is 0 Å². The van der Waals surface area contributed by atoms with Crippen molar-refractivity contribution in [1.29, 1.82) is 0 Å². The lowest BCUT2D eigenvalue weighted by atomic mass is 9.97. The standard InChI is InChI=1S/C14H30N4O/c1-16(2)5-6-17-7-9-18(10-8-17)12-14(19,11-15)13-3-4-13/h13,19H,3-12,15H2,1-2H3. The van der Waals surface area contributed by atoms with E-state index in [1.807, 2.05) is 0 Å². The molecule has 1 heterocycles. The second-order valence-electron chi connectivity index (χ2n) is 6.50. The van der Waals surface area contributed by atoms with E-state index in [0.29, 0.717) is 12.5 Å². The highest BCUT2D eigenvalue weighted by atomic mass is 16.3. The van der Waals surface area contributed by atoms with Crippen molar-refractivity contribution in [2.75, 3.05) is 66.5 Å². The van der Waals surface area contributed by atoms with Gasteiger partial charge in [-0.15, -0.1) is 0 Å². The van der Waals surface area contributed by atoms with Crippen LogP contribution in [-0.2, 0) is 0 Å². The predicted molar refractivity (Wildman–Crippen MR) is 78.2 cm³/mol. The number of likely N-dealkylation sites (N-methyl/N-ethyl adjacent to an activating group) is 1. The number of nitrogens with two attached hydrogens (primary N) is 1. The van der Waals surface area contributed by atoms with Crippen molar-refractivity contribution in [2.45, 2.75) is 18.4 Å². The number of rotatable bonds is 7. The highest BCUT2D eigenvalue weighted by Crippen LogP contribution is 2.39. The molecular weight excluding hydrogens is 240 g/mol. The van der Waals surface area contributed by atoms with Crippen LogP contribution < -0.4 is 5.73 Å². The Hall–Kier alpha value is -0.200. The third-order valence-electron chi connectivity index (χ3n) is 4.52. The molecule has 0 radical (unpaired) electrons. The van der Waals surface area contributed by atoms with Crippen molar-refractivity contribution >= 4 is 0 Å². The molecule has 1 unspecified atom stereocenters. The molecule has 5 nitrogen and oxygen atoms in total. The number of hydrogen-bond donors (Lipinski definition) is 2. The van der Waals surface area contributed by atoms with E-state index in [2.05, 4.69) is 28.8 Å². The van der Waals surface area contributed by atoms with Crippen molar-refractivity contribution in [2.24, 2.45) is 11.7 Å². The first-order valence-electron chi connectivity index (χ1n) is 7.55. The fourth-order valence-corrected chi connectivity index (χ4v) is 2.88. The maximum atomic E-state index is 10.6. The number of nitrogens with zero attached hydrogens (tertiary/aromatic N) is 3. The first-order valence-corrected chi connectivity index (χ1v) is 7.55. The summed E-state index contributed by atoms with van der Waals surface area (Å²) in [6.45, 7) is 7.76. The molecule has 2 rings (SSSR count). The van der Waals surface area contributed by atoms with E-state index in [-0.39, 0.29) is 0 Å². The molecule has 3 N–H and O–H groups in total. The summed E-state index contributed by atoms with van der Waals surface area (Å²) < 4.78 is 0. The van der Waals surface area contributed by atoms with E-state index in [4.69, 9.17) is 5.73 Å². The van der Waals surface area contributed by atoms with Crippen LogP contribution in [0.15, 0.2) is 0 Å². The summed E-state index contributed by atoms with van der Waals surface area (Å²) in [6.07, 6.45) is 2.30. The summed E-state index contributed by atoms with van der Waals surface area (Å²) in [5.41, 5.74) is 5.15. The molecule has 1 atom stereocenters. The molecule has 0 amide bonds. The van der Waals surface area contributed by atoms with E-state index in [1.54, 1.807) is 0 Å². The quantitative estimate of drug-likeness (QED) is 0.638. The molecule has 112 valence electrons. The summed E-state index contributed by atoms with van der Waals surface area (Å²) in [5, 5.41) is 10.6. The minimum atomic E-state index is -0.633. The van der Waals surface area contributed by atoms with E-state index in [1.165, 1.54) is 0 Å². The molecule has 19 heavy (non-hydrogen) atoms. The normalized spacial score (nSPS) is 25.7. The molecule has 2 fully saturated rings. The summed E-state index contributed by atoms with van der Waals surface area (Å²) in [5.74, 6) is 0.448. The molecule has 0 aromatic heterocycles. The minimum absolute atomic E-state index is 0.401. The van der Waals surface area contributed by atoms with E-state index >= 15 is 0 Å². The van der Waals surface area contributed by atoms with Gasteiger partial charge < -0.3 is 15.7 Å². The molecule has 0 bridgehead atoms. The summed E-state index contributed by atoms with van der Waals surface area (Å²) >= 11 is 0. The largest absolute Gasteiger partial charge is 0.387 e. The Morgan fingerprint density at radius 3 is 2.21 bits per heavy atom. The molecule has 0 aromatic rings. The third kappa shape index (κ3) is 4.39. The summed E-state index contributed by atoms with van der Waals surface area (Å²) in [6, 6.07) is 0. The molecule has 1 aliphatic heterocycles. The van der Waals surface area contributed by atoms with Gasteiger partial charge in [0.2, 0.25) is 0 Å². The Balaban J connectivity index is 1.71. The van der Waals surface area contributed by atoms with Crippen LogP contribution in [0, 0.1) is 5.92 Å². The van der Waals surface area contributed by atoms with Gasteiger partial charge in [-0.25, -0.2) is 0 Å². The maximum absolute atomic E-state index is 10.6. The van der Waals surface area contributed by atoms with Crippen LogP contribution in [0.5, 0.6) is 0 Å². The number of β-amino-alcohol motifs (C(OH)–C–C–N with tert-alkyl or cyclic N) is 1. The summed E-state index contributed by atoms with van der Waals surface area (Å²) in [4.78, 5) is 7.12. The Morgan fingerprint density at radius 1 is 1.16 bits per heavy atom. The van der Waals surface area contributed by atoms with Crippen LogP contribution in [0.2, 0.25) is 0 Å². The Bertz CT molecular complexity index is 275. The van der Waals surface area contributed by atoms with Gasteiger partial charge in [0.05, 0.1) is 5.60 Å². The molecule has 1 aliphatic carbocycles. The molecule has 1 saturated carbocycles. The van der Waals surface area contributed by atoms with Crippen molar-refractivity contribution in [3.63, 3.8) is 0 Å². The molecule has 5 heteroatoms. The molecule has 0 spiro atoms. The topological polar surface area (TPSA) is 56.0 Å². The molecule has 0 aromatic carbocycles. The highest BCUT2D eigenvalue weighted by Gasteiger charge is 2.43. The average molecular weight is 270 g/mol. The van der Waals surface area contributed by atoms with Crippen LogP contribution in [-0.4, -0.2) is 91.9 Å². The number of hydrogen-bond acceptors (Lipinski definition) is 5. The first-order chi connectivity index (χ1) is 9.03.